The zero-order valence-electron chi connectivity index (χ0n) is 14.8. The van der Waals surface area contributed by atoms with Crippen molar-refractivity contribution in [3.05, 3.63) is 0 Å². The van der Waals surface area contributed by atoms with Crippen LogP contribution in [0.3, 0.4) is 0 Å². The second kappa shape index (κ2) is 13.0. The molecule has 0 amide bonds. The van der Waals surface area contributed by atoms with Gasteiger partial charge in [-0.25, -0.2) is 9.90 Å². The van der Waals surface area contributed by atoms with E-state index in [0.717, 1.165) is 24.7 Å². The van der Waals surface area contributed by atoms with Crippen LogP contribution in [0.5, 0.6) is 0 Å². The zero-order chi connectivity index (χ0) is 16.0. The quantitative estimate of drug-likeness (QED) is 0.340. The fourth-order valence-corrected chi connectivity index (χ4v) is 4.09. The first-order chi connectivity index (χ1) is 10.7. The van der Waals surface area contributed by atoms with Crippen LogP contribution in [0.25, 0.3) is 0 Å². The van der Waals surface area contributed by atoms with E-state index < -0.39 is 5.97 Å². The Balaban J connectivity index is 1.99. The Morgan fingerprint density at radius 2 is 1.27 bits per heavy atom. The maximum Gasteiger partial charge on any atom is 0.355 e. The predicted octanol–water partition coefficient (Wildman–Crippen LogP) is 6.45. The van der Waals surface area contributed by atoms with Gasteiger partial charge in [-0.1, -0.05) is 96.8 Å². The van der Waals surface area contributed by atoms with Crippen molar-refractivity contribution in [3.63, 3.8) is 0 Å². The largest absolute Gasteiger partial charge is 0.355 e. The van der Waals surface area contributed by atoms with Crippen molar-refractivity contribution < 1.29 is 9.90 Å². The van der Waals surface area contributed by atoms with Crippen LogP contribution in [0, 0.1) is 11.8 Å². The van der Waals surface area contributed by atoms with Gasteiger partial charge in [0.1, 0.15) is 0 Å². The fourth-order valence-electron chi connectivity index (χ4n) is 4.09. The third kappa shape index (κ3) is 9.48. The normalized spacial score (nSPS) is 21.3. The third-order valence-electron chi connectivity index (χ3n) is 5.45. The molecule has 1 aliphatic carbocycles. The summed E-state index contributed by atoms with van der Waals surface area (Å²) in [6.07, 6.45) is 20.3. The van der Waals surface area contributed by atoms with Crippen LogP contribution in [0.1, 0.15) is 110 Å². The Morgan fingerprint density at radius 1 is 0.773 bits per heavy atom. The molecule has 0 aliphatic heterocycles. The second-order valence-electron chi connectivity index (χ2n) is 7.33. The van der Waals surface area contributed by atoms with Crippen LogP contribution >= 0.6 is 0 Å². The minimum absolute atomic E-state index is 0.240. The molecular weight excluding hydrogens is 272 g/mol. The number of carbonyl (C=O) groups is 1. The number of unbranched alkanes of at least 4 members (excludes halogenated alkanes) is 8. The molecule has 1 rings (SSSR count). The average molecular weight is 310 g/mol. The van der Waals surface area contributed by atoms with E-state index in [9.17, 15) is 9.90 Å². The highest BCUT2D eigenvalue weighted by atomic mass is 16.4. The van der Waals surface area contributed by atoms with Gasteiger partial charge in [0.05, 0.1) is 6.42 Å². The Bertz CT molecular complexity index is 275. The van der Waals surface area contributed by atoms with Crippen molar-refractivity contribution in [1.82, 2.24) is 0 Å². The second-order valence-corrected chi connectivity index (χ2v) is 7.33. The molecule has 0 N–H and O–H groups in total. The van der Waals surface area contributed by atoms with Crippen LogP contribution < -0.4 is 0 Å². The monoisotopic (exact) mass is 309 g/mol. The highest BCUT2D eigenvalue weighted by Crippen LogP contribution is 2.38. The maximum atomic E-state index is 10.4. The van der Waals surface area contributed by atoms with Gasteiger partial charge < -0.3 is 0 Å². The summed E-state index contributed by atoms with van der Waals surface area (Å²) in [7, 11) is 0. The van der Waals surface area contributed by atoms with Gasteiger partial charge in [0.15, 0.2) is 0 Å². The Morgan fingerprint density at radius 3 is 1.82 bits per heavy atom. The molecule has 0 saturated heterocycles. The molecule has 0 aromatic rings. The molecule has 0 spiro atoms. The third-order valence-corrected chi connectivity index (χ3v) is 5.45. The highest BCUT2D eigenvalue weighted by Gasteiger charge is 2.25. The highest BCUT2D eigenvalue weighted by molar-refractivity contribution is 5.66. The number of hydrogen-bond acceptors (Lipinski definition) is 1. The molecule has 0 heterocycles. The fraction of sp³-hybridized carbons (Fsp3) is 0.950. The molecule has 1 fully saturated rings. The van der Waals surface area contributed by atoms with Gasteiger partial charge in [0, 0.05) is 0 Å². The van der Waals surface area contributed by atoms with E-state index in [0.29, 0.717) is 0 Å². The first-order valence-corrected chi connectivity index (χ1v) is 9.94. The summed E-state index contributed by atoms with van der Waals surface area (Å²) in [6, 6.07) is 0. The smallest absolute Gasteiger partial charge is 0.247 e. The van der Waals surface area contributed by atoms with Crippen molar-refractivity contribution in [2.75, 3.05) is 0 Å². The molecule has 0 aromatic carbocycles. The minimum atomic E-state index is -0.894. The van der Waals surface area contributed by atoms with Gasteiger partial charge in [-0.15, -0.1) is 0 Å². The summed E-state index contributed by atoms with van der Waals surface area (Å²) in [4.78, 5) is 10.4. The van der Waals surface area contributed by atoms with Crippen molar-refractivity contribution >= 4 is 5.97 Å². The lowest BCUT2D eigenvalue weighted by molar-refractivity contribution is -0.143. The summed E-state index contributed by atoms with van der Waals surface area (Å²) in [5.74, 6) is 1.07. The number of hydrogen-bond donors (Lipinski definition) is 0. The summed E-state index contributed by atoms with van der Waals surface area (Å²) in [6.45, 7) is 2.28. The molecular formula is C20H37O2. The predicted molar refractivity (Wildman–Crippen MR) is 92.2 cm³/mol. The molecule has 1 aliphatic rings. The van der Waals surface area contributed by atoms with Gasteiger partial charge in [-0.3, -0.25) is 0 Å². The molecule has 2 nitrogen and oxygen atoms in total. The van der Waals surface area contributed by atoms with E-state index in [1.165, 1.54) is 83.5 Å². The Kier molecular flexibility index (Phi) is 11.5. The molecule has 0 bridgehead atoms. The summed E-state index contributed by atoms with van der Waals surface area (Å²) in [5, 5.41) is 10.4. The van der Waals surface area contributed by atoms with Gasteiger partial charge in [-0.2, -0.15) is 0 Å². The van der Waals surface area contributed by atoms with Crippen LogP contribution in [0.15, 0.2) is 0 Å². The SMILES string of the molecule is CCCCCCCC[C@H]1CCC[C@@H]1CCCCCCC([O])=O. The lowest BCUT2D eigenvalue weighted by Crippen LogP contribution is -2.08. The lowest BCUT2D eigenvalue weighted by atomic mass is 9.86. The van der Waals surface area contributed by atoms with Gasteiger partial charge in [-0.05, 0) is 18.3 Å². The summed E-state index contributed by atoms with van der Waals surface area (Å²) < 4.78 is 0. The molecule has 0 unspecified atom stereocenters. The van der Waals surface area contributed by atoms with Crippen LogP contribution in [0.2, 0.25) is 0 Å². The number of carbonyl (C=O) groups excluding carboxylic acids is 1. The van der Waals surface area contributed by atoms with Gasteiger partial charge in [0.25, 0.3) is 0 Å². The Labute approximate surface area is 138 Å². The van der Waals surface area contributed by atoms with E-state index in [1.807, 2.05) is 0 Å². The van der Waals surface area contributed by atoms with E-state index in [-0.39, 0.29) is 6.42 Å². The maximum absolute atomic E-state index is 10.4. The van der Waals surface area contributed by atoms with E-state index >= 15 is 0 Å². The molecule has 22 heavy (non-hydrogen) atoms. The van der Waals surface area contributed by atoms with Crippen LogP contribution in [-0.2, 0) is 9.90 Å². The molecule has 0 aromatic heterocycles. The topological polar surface area (TPSA) is 37.0 Å². The standard InChI is InChI=1S/C20H37O2/c1-2-3-4-5-6-9-13-18-15-12-16-19(18)14-10-7-8-11-17-20(21)22/h18-19H,2-17H2,1H3/t18-,19-/m0/s1. The zero-order valence-corrected chi connectivity index (χ0v) is 14.8. The minimum Gasteiger partial charge on any atom is -0.247 e. The van der Waals surface area contributed by atoms with Crippen molar-refractivity contribution in [1.29, 1.82) is 0 Å². The van der Waals surface area contributed by atoms with Crippen molar-refractivity contribution in [3.8, 4) is 0 Å². The first-order valence-electron chi connectivity index (χ1n) is 9.94. The van der Waals surface area contributed by atoms with E-state index in [1.54, 1.807) is 0 Å². The summed E-state index contributed by atoms with van der Waals surface area (Å²) >= 11 is 0. The molecule has 1 radical (unpaired) electrons. The van der Waals surface area contributed by atoms with E-state index in [2.05, 4.69) is 6.92 Å². The number of rotatable bonds is 14. The van der Waals surface area contributed by atoms with Crippen LogP contribution in [-0.4, -0.2) is 5.97 Å². The lowest BCUT2D eigenvalue weighted by Gasteiger charge is -2.19. The van der Waals surface area contributed by atoms with Crippen LogP contribution in [0.4, 0.5) is 0 Å². The van der Waals surface area contributed by atoms with Crippen molar-refractivity contribution in [2.24, 2.45) is 11.8 Å². The van der Waals surface area contributed by atoms with Crippen molar-refractivity contribution in [2.45, 2.75) is 110 Å². The Hall–Kier alpha value is -0.530. The van der Waals surface area contributed by atoms with Gasteiger partial charge >= 0.3 is 5.97 Å². The average Bonchev–Trinajstić information content (AvgIpc) is 2.93. The first kappa shape index (κ1) is 19.5. The molecule has 2 heteroatoms. The summed E-state index contributed by atoms with van der Waals surface area (Å²) in [5.41, 5.74) is 0. The molecule has 2 atom stereocenters. The van der Waals surface area contributed by atoms with E-state index in [4.69, 9.17) is 0 Å². The molecule has 1 saturated carbocycles. The molecule has 129 valence electrons. The van der Waals surface area contributed by atoms with Gasteiger partial charge in [0.2, 0.25) is 0 Å².